The van der Waals surface area contributed by atoms with Crippen molar-refractivity contribution in [3.63, 3.8) is 0 Å². The fourth-order valence-electron chi connectivity index (χ4n) is 2.23. The second kappa shape index (κ2) is 6.78. The zero-order valence-corrected chi connectivity index (χ0v) is 15.8. The summed E-state index contributed by atoms with van der Waals surface area (Å²) in [5.41, 5.74) is 4.34. The van der Waals surface area contributed by atoms with Gasteiger partial charge in [0.25, 0.3) is 0 Å². The van der Waals surface area contributed by atoms with Gasteiger partial charge in [-0.05, 0) is 55.7 Å². The van der Waals surface area contributed by atoms with Crippen LogP contribution in [0.1, 0.15) is 29.7 Å². The van der Waals surface area contributed by atoms with E-state index in [0.717, 1.165) is 15.7 Å². The molecule has 0 amide bonds. The van der Waals surface area contributed by atoms with Crippen LogP contribution in [-0.4, -0.2) is 0 Å². The van der Waals surface area contributed by atoms with Crippen LogP contribution < -0.4 is 5.32 Å². The Labute approximate surface area is 148 Å². The number of hydrogen-bond donors (Lipinski definition) is 1. The van der Waals surface area contributed by atoms with Crippen molar-refractivity contribution in [2.75, 3.05) is 5.32 Å². The normalized spacial score (nSPS) is 12.3. The minimum atomic E-state index is 0.0206. The Bertz CT molecular complexity index is 662. The molecule has 0 saturated heterocycles. The van der Waals surface area contributed by atoms with Crippen LogP contribution in [0, 0.1) is 13.8 Å². The topological polar surface area (TPSA) is 12.0 Å². The zero-order valence-electron chi connectivity index (χ0n) is 11.9. The molecule has 0 aromatic heterocycles. The van der Waals surface area contributed by atoms with Crippen molar-refractivity contribution < 1.29 is 0 Å². The highest BCUT2D eigenvalue weighted by Crippen LogP contribution is 2.36. The Kier molecular flexibility index (Phi) is 5.48. The van der Waals surface area contributed by atoms with Crippen LogP contribution in [0.4, 0.5) is 5.69 Å². The highest BCUT2D eigenvalue weighted by atomic mass is 79.9. The Morgan fingerprint density at radius 1 is 1.00 bits per heavy atom. The molecule has 2 rings (SSSR count). The van der Waals surface area contributed by atoms with Gasteiger partial charge in [0, 0.05) is 10.2 Å². The van der Waals surface area contributed by atoms with E-state index in [1.807, 2.05) is 13.0 Å². The third-order valence-electron chi connectivity index (χ3n) is 3.35. The molecule has 0 aliphatic rings. The van der Waals surface area contributed by atoms with Crippen molar-refractivity contribution in [2.24, 2.45) is 0 Å². The Hall–Kier alpha value is -0.410. The molecule has 0 aliphatic carbocycles. The van der Waals surface area contributed by atoms with E-state index in [1.54, 1.807) is 6.07 Å². The Balaban J connectivity index is 2.30. The number of hydrogen-bond acceptors (Lipinski definition) is 1. The van der Waals surface area contributed by atoms with Crippen molar-refractivity contribution in [1.29, 1.82) is 0 Å². The third kappa shape index (κ3) is 3.68. The van der Waals surface area contributed by atoms with Gasteiger partial charge in [0.1, 0.15) is 0 Å². The van der Waals surface area contributed by atoms with Crippen LogP contribution in [0.5, 0.6) is 0 Å². The lowest BCUT2D eigenvalue weighted by Gasteiger charge is -2.19. The van der Waals surface area contributed by atoms with Gasteiger partial charge in [0.2, 0.25) is 0 Å². The molecule has 2 aromatic carbocycles. The SMILES string of the molecule is Cc1cc(NC(C)c2ccc(Cl)c(Cl)c2Cl)cc(C)c1Br. The number of benzene rings is 2. The summed E-state index contributed by atoms with van der Waals surface area (Å²) in [5, 5.41) is 4.80. The van der Waals surface area contributed by atoms with Gasteiger partial charge in [-0.25, -0.2) is 0 Å². The second-order valence-electron chi connectivity index (χ2n) is 5.05. The first-order valence-electron chi connectivity index (χ1n) is 6.48. The van der Waals surface area contributed by atoms with E-state index in [-0.39, 0.29) is 6.04 Å². The molecule has 21 heavy (non-hydrogen) atoms. The van der Waals surface area contributed by atoms with Crippen LogP contribution in [0.2, 0.25) is 15.1 Å². The predicted octanol–water partition coefficient (Wildman–Crippen LogP) is 7.20. The van der Waals surface area contributed by atoms with Crippen LogP contribution in [0.25, 0.3) is 0 Å². The number of anilines is 1. The van der Waals surface area contributed by atoms with E-state index in [1.165, 1.54) is 11.1 Å². The van der Waals surface area contributed by atoms with Gasteiger partial charge in [-0.15, -0.1) is 0 Å². The molecule has 1 nitrogen and oxygen atoms in total. The maximum absolute atomic E-state index is 6.28. The molecule has 0 heterocycles. The lowest BCUT2D eigenvalue weighted by molar-refractivity contribution is 0.884. The molecular weight excluding hydrogens is 392 g/mol. The van der Waals surface area contributed by atoms with Crippen LogP contribution in [0.15, 0.2) is 28.7 Å². The average molecular weight is 408 g/mol. The molecule has 2 aromatic rings. The monoisotopic (exact) mass is 405 g/mol. The minimum absolute atomic E-state index is 0.0206. The molecule has 1 N–H and O–H groups in total. The third-order valence-corrected chi connectivity index (χ3v) is 5.91. The van der Waals surface area contributed by atoms with E-state index >= 15 is 0 Å². The summed E-state index contributed by atoms with van der Waals surface area (Å²) in [4.78, 5) is 0. The molecule has 0 radical (unpaired) electrons. The number of halogens is 4. The molecule has 0 saturated carbocycles. The van der Waals surface area contributed by atoms with E-state index in [2.05, 4.69) is 47.2 Å². The summed E-state index contributed by atoms with van der Waals surface area (Å²) in [6, 6.07) is 7.87. The van der Waals surface area contributed by atoms with Crippen LogP contribution in [0.3, 0.4) is 0 Å². The van der Waals surface area contributed by atoms with Gasteiger partial charge < -0.3 is 5.32 Å². The summed E-state index contributed by atoms with van der Waals surface area (Å²) in [5.74, 6) is 0. The van der Waals surface area contributed by atoms with E-state index in [9.17, 15) is 0 Å². The van der Waals surface area contributed by atoms with Gasteiger partial charge in [-0.3, -0.25) is 0 Å². The maximum atomic E-state index is 6.28. The largest absolute Gasteiger partial charge is 0.378 e. The lowest BCUT2D eigenvalue weighted by Crippen LogP contribution is -2.08. The quantitative estimate of drug-likeness (QED) is 0.531. The number of rotatable bonds is 3. The minimum Gasteiger partial charge on any atom is -0.378 e. The highest BCUT2D eigenvalue weighted by Gasteiger charge is 2.15. The first-order valence-corrected chi connectivity index (χ1v) is 8.40. The second-order valence-corrected chi connectivity index (χ2v) is 7.01. The van der Waals surface area contributed by atoms with Crippen molar-refractivity contribution in [2.45, 2.75) is 26.8 Å². The summed E-state index contributed by atoms with van der Waals surface area (Å²) < 4.78 is 1.13. The molecule has 0 bridgehead atoms. The van der Waals surface area contributed by atoms with Gasteiger partial charge in [0.05, 0.1) is 21.1 Å². The van der Waals surface area contributed by atoms with Gasteiger partial charge in [-0.2, -0.15) is 0 Å². The standard InChI is InChI=1S/C16H15BrCl3N/c1-8-6-11(7-9(2)14(8)17)21-10(3)12-4-5-13(18)16(20)15(12)19/h4-7,10,21H,1-3H3. The van der Waals surface area contributed by atoms with Crippen molar-refractivity contribution in [1.82, 2.24) is 0 Å². The molecular formula is C16H15BrCl3N. The molecule has 0 fully saturated rings. The molecule has 1 atom stereocenters. The van der Waals surface area contributed by atoms with Crippen molar-refractivity contribution in [3.8, 4) is 0 Å². The highest BCUT2D eigenvalue weighted by molar-refractivity contribution is 9.10. The summed E-state index contributed by atoms with van der Waals surface area (Å²) in [7, 11) is 0. The Morgan fingerprint density at radius 3 is 2.14 bits per heavy atom. The number of nitrogens with one attached hydrogen (secondary N) is 1. The fourth-order valence-corrected chi connectivity index (χ4v) is 3.17. The van der Waals surface area contributed by atoms with E-state index < -0.39 is 0 Å². The smallest absolute Gasteiger partial charge is 0.0782 e. The average Bonchev–Trinajstić information content (AvgIpc) is 2.42. The van der Waals surface area contributed by atoms with Gasteiger partial charge in [-0.1, -0.05) is 56.8 Å². The summed E-state index contributed by atoms with van der Waals surface area (Å²) >= 11 is 21.9. The fraction of sp³-hybridized carbons (Fsp3) is 0.250. The molecule has 1 unspecified atom stereocenters. The van der Waals surface area contributed by atoms with Crippen LogP contribution in [-0.2, 0) is 0 Å². The summed E-state index contributed by atoms with van der Waals surface area (Å²) in [6.07, 6.45) is 0. The molecule has 0 spiro atoms. The van der Waals surface area contributed by atoms with Gasteiger partial charge in [0.15, 0.2) is 0 Å². The lowest BCUT2D eigenvalue weighted by atomic mass is 10.1. The zero-order chi connectivity index (χ0) is 15.7. The van der Waals surface area contributed by atoms with Gasteiger partial charge >= 0.3 is 0 Å². The number of aryl methyl sites for hydroxylation is 2. The first kappa shape index (κ1) is 17.0. The Morgan fingerprint density at radius 2 is 1.57 bits per heavy atom. The molecule has 0 aliphatic heterocycles. The van der Waals surface area contributed by atoms with Crippen molar-refractivity contribution >= 4 is 56.4 Å². The van der Waals surface area contributed by atoms with E-state index in [0.29, 0.717) is 15.1 Å². The first-order chi connectivity index (χ1) is 9.81. The predicted molar refractivity (Wildman–Crippen MR) is 97.1 cm³/mol. The van der Waals surface area contributed by atoms with E-state index in [4.69, 9.17) is 34.8 Å². The molecule has 112 valence electrons. The molecule has 5 heteroatoms. The van der Waals surface area contributed by atoms with Crippen molar-refractivity contribution in [3.05, 3.63) is 60.5 Å². The maximum Gasteiger partial charge on any atom is 0.0782 e. The summed E-state index contributed by atoms with van der Waals surface area (Å²) in [6.45, 7) is 6.18. The van der Waals surface area contributed by atoms with Crippen LogP contribution >= 0.6 is 50.7 Å².